The number of hydrogen-bond acceptors (Lipinski definition) is 4. The fourth-order valence-corrected chi connectivity index (χ4v) is 3.70. The molecule has 1 heterocycles. The second-order valence-corrected chi connectivity index (χ2v) is 8.18. The highest BCUT2D eigenvalue weighted by Crippen LogP contribution is 2.24. The monoisotopic (exact) mass is 323 g/mol. The molecule has 1 rings (SSSR count). The number of carbonyl (C=O) groups excluding carboxylic acids is 1. The van der Waals surface area contributed by atoms with Gasteiger partial charge in [0, 0.05) is 28.5 Å². The number of thiophene rings is 1. The molecule has 1 N–H and O–H groups in total. The van der Waals surface area contributed by atoms with Crippen molar-refractivity contribution in [2.24, 2.45) is 0 Å². The van der Waals surface area contributed by atoms with Crippen LogP contribution in [0.2, 0.25) is 0 Å². The molecule has 19 heavy (non-hydrogen) atoms. The van der Waals surface area contributed by atoms with Crippen molar-refractivity contribution in [2.45, 2.75) is 43.2 Å². The Morgan fingerprint density at radius 3 is 2.68 bits per heavy atom. The molecule has 4 nitrogen and oxygen atoms in total. The van der Waals surface area contributed by atoms with Gasteiger partial charge in [0.05, 0.1) is 0 Å². The van der Waals surface area contributed by atoms with Gasteiger partial charge >= 0.3 is 0 Å². The van der Waals surface area contributed by atoms with E-state index in [1.54, 1.807) is 6.07 Å². The molecule has 0 unspecified atom stereocenters. The van der Waals surface area contributed by atoms with Gasteiger partial charge in [-0.15, -0.1) is 11.3 Å². The molecule has 108 valence electrons. The lowest BCUT2D eigenvalue weighted by atomic mass is 10.2. The molecule has 0 aliphatic heterocycles. The van der Waals surface area contributed by atoms with Crippen molar-refractivity contribution in [1.82, 2.24) is 5.32 Å². The van der Waals surface area contributed by atoms with Gasteiger partial charge in [-0.3, -0.25) is 4.79 Å². The molecule has 0 spiro atoms. The predicted octanol–water partition coefficient (Wildman–Crippen LogP) is 2.91. The van der Waals surface area contributed by atoms with Crippen LogP contribution in [0.25, 0.3) is 0 Å². The summed E-state index contributed by atoms with van der Waals surface area (Å²) in [5, 5.41) is 2.82. The molecule has 0 saturated carbocycles. The minimum atomic E-state index is -3.63. The predicted molar refractivity (Wildman–Crippen MR) is 78.2 cm³/mol. The second kappa shape index (κ2) is 7.87. The number of rotatable bonds is 8. The molecule has 0 saturated heterocycles. The molecule has 0 fully saturated rings. The Balaban J connectivity index is 2.30. The first kappa shape index (κ1) is 16.5. The van der Waals surface area contributed by atoms with E-state index in [4.69, 9.17) is 10.7 Å². The lowest BCUT2D eigenvalue weighted by molar-refractivity contribution is -0.121. The number of halogens is 1. The summed E-state index contributed by atoms with van der Waals surface area (Å²) in [6.45, 7) is 2.62. The SMILES string of the molecule is CCCCCC(=O)NCCc1ccc(S(=O)(=O)Cl)s1. The Morgan fingerprint density at radius 2 is 2.11 bits per heavy atom. The summed E-state index contributed by atoms with van der Waals surface area (Å²) < 4.78 is 22.3. The quantitative estimate of drug-likeness (QED) is 0.591. The molecule has 0 radical (unpaired) electrons. The Kier molecular flexibility index (Phi) is 6.82. The second-order valence-electron chi connectivity index (χ2n) is 4.22. The van der Waals surface area contributed by atoms with Crippen molar-refractivity contribution < 1.29 is 13.2 Å². The first-order chi connectivity index (χ1) is 8.93. The summed E-state index contributed by atoms with van der Waals surface area (Å²) in [7, 11) is 1.61. The van der Waals surface area contributed by atoms with Crippen molar-refractivity contribution in [1.29, 1.82) is 0 Å². The van der Waals surface area contributed by atoms with Crippen LogP contribution in [0.4, 0.5) is 0 Å². The number of hydrogen-bond donors (Lipinski definition) is 1. The Hall–Kier alpha value is -0.590. The van der Waals surface area contributed by atoms with Gasteiger partial charge in [-0.2, -0.15) is 0 Å². The Labute approximate surface area is 122 Å². The van der Waals surface area contributed by atoms with E-state index in [2.05, 4.69) is 12.2 Å². The van der Waals surface area contributed by atoms with Crippen molar-refractivity contribution in [3.8, 4) is 0 Å². The van der Waals surface area contributed by atoms with E-state index in [9.17, 15) is 13.2 Å². The molecule has 0 aliphatic rings. The van der Waals surface area contributed by atoms with E-state index in [1.807, 2.05) is 0 Å². The number of nitrogens with one attached hydrogen (secondary N) is 1. The van der Waals surface area contributed by atoms with E-state index in [0.29, 0.717) is 19.4 Å². The van der Waals surface area contributed by atoms with Gasteiger partial charge in [-0.25, -0.2) is 8.42 Å². The highest BCUT2D eigenvalue weighted by atomic mass is 35.7. The minimum absolute atomic E-state index is 0.0511. The van der Waals surface area contributed by atoms with Crippen LogP contribution in [0.3, 0.4) is 0 Å². The maximum absolute atomic E-state index is 11.4. The largest absolute Gasteiger partial charge is 0.356 e. The number of carbonyl (C=O) groups is 1. The fourth-order valence-electron chi connectivity index (χ4n) is 1.57. The van der Waals surface area contributed by atoms with Crippen LogP contribution in [-0.4, -0.2) is 20.9 Å². The zero-order valence-corrected chi connectivity index (χ0v) is 13.2. The average Bonchev–Trinajstić information content (AvgIpc) is 2.78. The molecule has 0 bridgehead atoms. The van der Waals surface area contributed by atoms with Gasteiger partial charge in [0.25, 0.3) is 9.05 Å². The van der Waals surface area contributed by atoms with E-state index in [1.165, 1.54) is 6.07 Å². The van der Waals surface area contributed by atoms with E-state index in [0.717, 1.165) is 35.5 Å². The van der Waals surface area contributed by atoms with Crippen molar-refractivity contribution in [3.05, 3.63) is 17.0 Å². The van der Waals surface area contributed by atoms with Crippen LogP contribution in [-0.2, 0) is 20.3 Å². The molecule has 7 heteroatoms. The third kappa shape index (κ3) is 6.40. The first-order valence-corrected chi connectivity index (χ1v) is 9.36. The third-order valence-corrected chi connectivity index (χ3v) is 5.82. The molecule has 1 aromatic rings. The van der Waals surface area contributed by atoms with Crippen LogP contribution in [0.15, 0.2) is 16.3 Å². The van der Waals surface area contributed by atoms with Gasteiger partial charge in [0.2, 0.25) is 5.91 Å². The van der Waals surface area contributed by atoms with E-state index in [-0.39, 0.29) is 10.1 Å². The van der Waals surface area contributed by atoms with Crippen LogP contribution in [0.5, 0.6) is 0 Å². The smallest absolute Gasteiger partial charge is 0.270 e. The normalized spacial score (nSPS) is 11.5. The van der Waals surface area contributed by atoms with Gasteiger partial charge in [0.1, 0.15) is 4.21 Å². The highest BCUT2D eigenvalue weighted by molar-refractivity contribution is 8.15. The third-order valence-electron chi connectivity index (χ3n) is 2.58. The summed E-state index contributed by atoms with van der Waals surface area (Å²) in [6.07, 6.45) is 4.25. The zero-order chi connectivity index (χ0) is 14.3. The van der Waals surface area contributed by atoms with Crippen LogP contribution in [0.1, 0.15) is 37.5 Å². The van der Waals surface area contributed by atoms with E-state index < -0.39 is 9.05 Å². The standard InChI is InChI=1S/C12H18ClNO3S2/c1-2-3-4-5-11(15)14-9-8-10-6-7-12(18-10)19(13,16)17/h6-7H,2-5,8-9H2,1H3,(H,14,15). The lowest BCUT2D eigenvalue weighted by Crippen LogP contribution is -2.25. The summed E-state index contributed by atoms with van der Waals surface area (Å²) >= 11 is 1.14. The van der Waals surface area contributed by atoms with Crippen molar-refractivity contribution in [2.75, 3.05) is 6.54 Å². The first-order valence-electron chi connectivity index (χ1n) is 6.23. The Morgan fingerprint density at radius 1 is 1.37 bits per heavy atom. The molecule has 1 aromatic heterocycles. The molecule has 0 aliphatic carbocycles. The van der Waals surface area contributed by atoms with Crippen LogP contribution >= 0.6 is 22.0 Å². The van der Waals surface area contributed by atoms with Crippen molar-refractivity contribution in [3.63, 3.8) is 0 Å². The van der Waals surface area contributed by atoms with Gasteiger partial charge < -0.3 is 5.32 Å². The fraction of sp³-hybridized carbons (Fsp3) is 0.583. The van der Waals surface area contributed by atoms with Gasteiger partial charge in [0.15, 0.2) is 0 Å². The molecular weight excluding hydrogens is 306 g/mol. The van der Waals surface area contributed by atoms with Gasteiger partial charge in [-0.05, 0) is 25.0 Å². The lowest BCUT2D eigenvalue weighted by Gasteiger charge is -2.03. The number of amides is 1. The summed E-state index contributed by atoms with van der Waals surface area (Å²) in [6, 6.07) is 3.22. The van der Waals surface area contributed by atoms with Crippen LogP contribution in [0, 0.1) is 0 Å². The van der Waals surface area contributed by atoms with E-state index >= 15 is 0 Å². The highest BCUT2D eigenvalue weighted by Gasteiger charge is 2.12. The van der Waals surface area contributed by atoms with Crippen molar-refractivity contribution >= 4 is 37.0 Å². The Bertz CT molecular complexity index is 511. The molecular formula is C12H18ClNO3S2. The summed E-state index contributed by atoms with van der Waals surface area (Å²) in [5.74, 6) is 0.0511. The minimum Gasteiger partial charge on any atom is -0.356 e. The van der Waals surface area contributed by atoms with Crippen LogP contribution < -0.4 is 5.32 Å². The summed E-state index contributed by atoms with van der Waals surface area (Å²) in [4.78, 5) is 12.3. The summed E-state index contributed by atoms with van der Waals surface area (Å²) in [5.41, 5.74) is 0. The number of unbranched alkanes of at least 4 members (excludes halogenated alkanes) is 2. The maximum atomic E-state index is 11.4. The zero-order valence-electron chi connectivity index (χ0n) is 10.8. The average molecular weight is 324 g/mol. The topological polar surface area (TPSA) is 63.2 Å². The molecule has 1 amide bonds. The van der Waals surface area contributed by atoms with Gasteiger partial charge in [-0.1, -0.05) is 19.8 Å². The molecule has 0 atom stereocenters. The maximum Gasteiger partial charge on any atom is 0.270 e. The molecule has 0 aromatic carbocycles.